The van der Waals surface area contributed by atoms with Crippen LogP contribution >= 0.6 is 0 Å². The van der Waals surface area contributed by atoms with Crippen LogP contribution < -0.4 is 0 Å². The van der Waals surface area contributed by atoms with Crippen molar-refractivity contribution in [3.05, 3.63) is 115 Å². The highest BCUT2D eigenvalue weighted by Crippen LogP contribution is 2.45. The number of fused-ring (bicyclic) bond motifs is 13. The number of furan rings is 2. The average Bonchev–Trinajstić information content (AvgIpc) is 3.62. The van der Waals surface area contributed by atoms with Gasteiger partial charge in [-0.2, -0.15) is 0 Å². The Hall–Kier alpha value is -5.02. The van der Waals surface area contributed by atoms with Gasteiger partial charge in [0.25, 0.3) is 0 Å². The van der Waals surface area contributed by atoms with E-state index in [0.29, 0.717) is 0 Å². The van der Waals surface area contributed by atoms with Crippen LogP contribution in [-0.2, 0) is 0 Å². The van der Waals surface area contributed by atoms with Crippen molar-refractivity contribution in [1.29, 1.82) is 0 Å². The molecular weight excluding hydrogens is 454 g/mol. The molecule has 6 aromatic carbocycles. The van der Waals surface area contributed by atoms with Gasteiger partial charge in [-0.15, -0.1) is 0 Å². The largest absolute Gasteiger partial charge is 0.456 e. The first kappa shape index (κ1) is 19.2. The van der Waals surface area contributed by atoms with Crippen LogP contribution in [0.3, 0.4) is 0 Å². The third-order valence-electron chi connectivity index (χ3n) is 7.77. The van der Waals surface area contributed by atoms with E-state index in [1.807, 2.05) is 18.2 Å². The van der Waals surface area contributed by atoms with E-state index in [-0.39, 0.29) is 0 Å². The van der Waals surface area contributed by atoms with E-state index in [9.17, 15) is 0 Å². The van der Waals surface area contributed by atoms with Gasteiger partial charge in [-0.1, -0.05) is 78.9 Å². The quantitative estimate of drug-likeness (QED) is 0.238. The van der Waals surface area contributed by atoms with E-state index >= 15 is 0 Å². The summed E-state index contributed by atoms with van der Waals surface area (Å²) in [6.45, 7) is 0. The first-order valence-electron chi connectivity index (χ1n) is 12.5. The summed E-state index contributed by atoms with van der Waals surface area (Å²) in [5.41, 5.74) is 7.01. The number of benzene rings is 6. The monoisotopic (exact) mass is 473 g/mol. The van der Waals surface area contributed by atoms with Gasteiger partial charge in [0.2, 0.25) is 0 Å². The zero-order valence-electron chi connectivity index (χ0n) is 19.7. The molecule has 0 spiro atoms. The number of para-hydroxylation sites is 3. The number of hydrogen-bond donors (Lipinski definition) is 0. The minimum atomic E-state index is 0.888. The molecule has 0 unspecified atom stereocenters. The molecule has 172 valence electrons. The molecule has 3 aromatic heterocycles. The van der Waals surface area contributed by atoms with Crippen molar-refractivity contribution in [2.24, 2.45) is 0 Å². The summed E-state index contributed by atoms with van der Waals surface area (Å²) in [5, 5.41) is 9.32. The summed E-state index contributed by atoms with van der Waals surface area (Å²) < 4.78 is 15.3. The molecule has 0 aliphatic carbocycles. The Morgan fingerprint density at radius 1 is 0.432 bits per heavy atom. The maximum atomic E-state index is 6.61. The lowest BCUT2D eigenvalue weighted by molar-refractivity contribution is 0.668. The molecule has 0 atom stereocenters. The SMILES string of the molecule is c1ccc2c(c1)oc1cc(-n3c4ccccc4c4c5oc6ccccc6c5c5ccccc5c43)ccc12. The van der Waals surface area contributed by atoms with Crippen LogP contribution in [-0.4, -0.2) is 4.57 Å². The summed E-state index contributed by atoms with van der Waals surface area (Å²) in [5.74, 6) is 0. The molecule has 0 N–H and O–H groups in total. The number of rotatable bonds is 1. The molecule has 9 rings (SSSR count). The van der Waals surface area contributed by atoms with E-state index in [0.717, 1.165) is 60.6 Å². The molecule has 0 saturated heterocycles. The number of nitrogens with zero attached hydrogens (tertiary/aromatic N) is 1. The fourth-order valence-electron chi connectivity index (χ4n) is 6.24. The van der Waals surface area contributed by atoms with Crippen LogP contribution in [0.2, 0.25) is 0 Å². The highest BCUT2D eigenvalue weighted by molar-refractivity contribution is 6.35. The first-order valence-corrected chi connectivity index (χ1v) is 12.5. The highest BCUT2D eigenvalue weighted by atomic mass is 16.3. The number of hydrogen-bond acceptors (Lipinski definition) is 2. The molecule has 3 nitrogen and oxygen atoms in total. The molecule has 37 heavy (non-hydrogen) atoms. The topological polar surface area (TPSA) is 31.2 Å². The molecule has 3 heteroatoms. The van der Waals surface area contributed by atoms with Crippen molar-refractivity contribution in [3.63, 3.8) is 0 Å². The number of aromatic nitrogens is 1. The molecule has 0 radical (unpaired) electrons. The highest BCUT2D eigenvalue weighted by Gasteiger charge is 2.22. The molecule has 0 aliphatic rings. The van der Waals surface area contributed by atoms with Gasteiger partial charge < -0.3 is 13.4 Å². The van der Waals surface area contributed by atoms with Gasteiger partial charge >= 0.3 is 0 Å². The molecule has 0 bridgehead atoms. The lowest BCUT2D eigenvalue weighted by Gasteiger charge is -2.10. The van der Waals surface area contributed by atoms with Crippen molar-refractivity contribution >= 4 is 76.5 Å². The Balaban J connectivity index is 1.52. The van der Waals surface area contributed by atoms with E-state index < -0.39 is 0 Å². The molecule has 0 aliphatic heterocycles. The van der Waals surface area contributed by atoms with Crippen LogP contribution in [0.5, 0.6) is 0 Å². The summed E-state index contributed by atoms with van der Waals surface area (Å²) in [6.07, 6.45) is 0. The minimum absolute atomic E-state index is 0.888. The Morgan fingerprint density at radius 3 is 1.89 bits per heavy atom. The van der Waals surface area contributed by atoms with Crippen LogP contribution in [0, 0.1) is 0 Å². The maximum absolute atomic E-state index is 6.61. The van der Waals surface area contributed by atoms with Crippen molar-refractivity contribution in [2.45, 2.75) is 0 Å². The molecule has 3 heterocycles. The van der Waals surface area contributed by atoms with Crippen LogP contribution in [0.15, 0.2) is 124 Å². The Labute approximate surface area is 210 Å². The third-order valence-corrected chi connectivity index (χ3v) is 7.77. The summed E-state index contributed by atoms with van der Waals surface area (Å²) >= 11 is 0. The second kappa shape index (κ2) is 6.80. The second-order valence-electron chi connectivity index (χ2n) is 9.70. The Morgan fingerprint density at radius 2 is 1.05 bits per heavy atom. The predicted molar refractivity (Wildman–Crippen MR) is 153 cm³/mol. The summed E-state index contributed by atoms with van der Waals surface area (Å²) in [6, 6.07) is 40.4. The normalized spacial score (nSPS) is 12.3. The lowest BCUT2D eigenvalue weighted by atomic mass is 9.99. The lowest BCUT2D eigenvalue weighted by Crippen LogP contribution is -1.94. The molecule has 0 amide bonds. The van der Waals surface area contributed by atoms with E-state index in [4.69, 9.17) is 8.83 Å². The van der Waals surface area contributed by atoms with E-state index in [2.05, 4.69) is 102 Å². The molecule has 0 fully saturated rings. The predicted octanol–water partition coefficient (Wildman–Crippen LogP) is 9.74. The van der Waals surface area contributed by atoms with Crippen molar-refractivity contribution in [3.8, 4) is 5.69 Å². The van der Waals surface area contributed by atoms with Crippen LogP contribution in [0.1, 0.15) is 0 Å². The van der Waals surface area contributed by atoms with Gasteiger partial charge in [0.1, 0.15) is 22.3 Å². The van der Waals surface area contributed by atoms with Crippen LogP contribution in [0.25, 0.3) is 82.1 Å². The average molecular weight is 474 g/mol. The van der Waals surface area contributed by atoms with Gasteiger partial charge in [-0.05, 0) is 35.7 Å². The van der Waals surface area contributed by atoms with Crippen LogP contribution in [0.4, 0.5) is 0 Å². The Bertz CT molecular complexity index is 2360. The van der Waals surface area contributed by atoms with Gasteiger partial charge in [-0.25, -0.2) is 0 Å². The first-order chi connectivity index (χ1) is 18.4. The Kier molecular flexibility index (Phi) is 3.53. The summed E-state index contributed by atoms with van der Waals surface area (Å²) in [4.78, 5) is 0. The zero-order valence-corrected chi connectivity index (χ0v) is 19.7. The standard InChI is InChI=1S/C34H19NO2/c1-2-11-24-23(10-1)31-26-13-5-8-16-29(26)37-34(31)32-25-12-3-6-14-27(25)35(33(24)32)20-17-18-22-21-9-4-7-15-28(21)36-30(22)19-20/h1-19H. The van der Waals surface area contributed by atoms with E-state index in [1.165, 1.54) is 21.5 Å². The van der Waals surface area contributed by atoms with Gasteiger partial charge in [0, 0.05) is 44.1 Å². The van der Waals surface area contributed by atoms with Gasteiger partial charge in [0.05, 0.1) is 16.4 Å². The van der Waals surface area contributed by atoms with Crippen molar-refractivity contribution in [2.75, 3.05) is 0 Å². The molecule has 0 saturated carbocycles. The van der Waals surface area contributed by atoms with E-state index in [1.54, 1.807) is 0 Å². The third kappa shape index (κ3) is 2.41. The van der Waals surface area contributed by atoms with Crippen molar-refractivity contribution < 1.29 is 8.83 Å². The smallest absolute Gasteiger partial charge is 0.146 e. The van der Waals surface area contributed by atoms with Gasteiger partial charge in [0.15, 0.2) is 0 Å². The molecular formula is C34H19NO2. The minimum Gasteiger partial charge on any atom is -0.456 e. The fraction of sp³-hybridized carbons (Fsp3) is 0. The fourth-order valence-corrected chi connectivity index (χ4v) is 6.24. The maximum Gasteiger partial charge on any atom is 0.146 e. The zero-order chi connectivity index (χ0) is 24.1. The molecule has 9 aromatic rings. The van der Waals surface area contributed by atoms with Crippen molar-refractivity contribution in [1.82, 2.24) is 4.57 Å². The van der Waals surface area contributed by atoms with Gasteiger partial charge in [-0.3, -0.25) is 0 Å². The summed E-state index contributed by atoms with van der Waals surface area (Å²) in [7, 11) is 0. The second-order valence-corrected chi connectivity index (χ2v) is 9.70.